The van der Waals surface area contributed by atoms with Crippen LogP contribution in [0.15, 0.2) is 54.1 Å². The molecule has 1 fully saturated rings. The molecule has 4 atom stereocenters. The number of amides is 1. The van der Waals surface area contributed by atoms with Crippen LogP contribution in [0, 0.1) is 0 Å². The van der Waals surface area contributed by atoms with Crippen molar-refractivity contribution in [1.29, 1.82) is 0 Å². The van der Waals surface area contributed by atoms with Crippen molar-refractivity contribution in [3.63, 3.8) is 0 Å². The number of carbonyl (C=O) groups excluding carboxylic acids is 3. The average molecular weight is 481 g/mol. The lowest BCUT2D eigenvalue weighted by molar-refractivity contribution is -0.277. The molecule has 1 saturated heterocycles. The molecule has 1 aromatic rings. The van der Waals surface area contributed by atoms with Crippen LogP contribution in [0.1, 0.15) is 32.3 Å². The summed E-state index contributed by atoms with van der Waals surface area (Å²) in [5.41, 5.74) is -3.13. The Bertz CT molecular complexity index is 990. The van der Waals surface area contributed by atoms with E-state index in [9.17, 15) is 27.6 Å². The summed E-state index contributed by atoms with van der Waals surface area (Å²) in [6.07, 6.45) is -1.71. The number of carbonyl (C=O) groups is 3. The van der Waals surface area contributed by atoms with Gasteiger partial charge in [-0.05, 0) is 38.0 Å². The average Bonchev–Trinajstić information content (AvgIpc) is 3.07. The molecule has 7 nitrogen and oxygen atoms in total. The number of alkyl halides is 3. The van der Waals surface area contributed by atoms with Gasteiger partial charge in [-0.1, -0.05) is 36.4 Å². The molecule has 0 unspecified atom stereocenters. The first kappa shape index (κ1) is 25.5. The Labute approximate surface area is 195 Å². The molecule has 0 spiro atoms. The quantitative estimate of drug-likeness (QED) is 0.411. The Kier molecular flexibility index (Phi) is 7.50. The van der Waals surface area contributed by atoms with Gasteiger partial charge in [0.05, 0.1) is 12.6 Å². The van der Waals surface area contributed by atoms with Crippen LogP contribution in [0.2, 0.25) is 0 Å². The van der Waals surface area contributed by atoms with Crippen LogP contribution >= 0.6 is 0 Å². The number of hydrogen-bond donors (Lipinski definition) is 0. The summed E-state index contributed by atoms with van der Waals surface area (Å²) in [4.78, 5) is 37.7. The molecule has 2 heterocycles. The van der Waals surface area contributed by atoms with Gasteiger partial charge in [0, 0.05) is 19.1 Å². The second kappa shape index (κ2) is 10.0. The molecule has 0 aromatic heterocycles. The number of ketones is 1. The van der Waals surface area contributed by atoms with E-state index in [4.69, 9.17) is 14.2 Å². The van der Waals surface area contributed by atoms with Crippen molar-refractivity contribution in [3.05, 3.63) is 59.7 Å². The van der Waals surface area contributed by atoms with Gasteiger partial charge in [0.15, 0.2) is 0 Å². The van der Waals surface area contributed by atoms with E-state index in [1.165, 1.54) is 36.1 Å². The van der Waals surface area contributed by atoms with Crippen molar-refractivity contribution in [1.82, 2.24) is 4.90 Å². The van der Waals surface area contributed by atoms with E-state index in [1.54, 1.807) is 19.1 Å². The highest BCUT2D eigenvalue weighted by molar-refractivity contribution is 5.83. The number of nitrogens with zero attached hydrogens (tertiary/aromatic N) is 1. The fourth-order valence-electron chi connectivity index (χ4n) is 4.21. The molecule has 2 aliphatic heterocycles. The summed E-state index contributed by atoms with van der Waals surface area (Å²) in [6, 6.07) is 6.03. The van der Waals surface area contributed by atoms with Crippen LogP contribution < -0.4 is 0 Å². The predicted octanol–water partition coefficient (Wildman–Crippen LogP) is 4.08. The number of rotatable bonds is 8. The molecular weight excluding hydrogens is 455 g/mol. The predicted molar refractivity (Wildman–Crippen MR) is 115 cm³/mol. The maximum Gasteiger partial charge on any atom is 0.432 e. The van der Waals surface area contributed by atoms with Crippen molar-refractivity contribution in [3.8, 4) is 0 Å². The molecule has 1 aromatic carbocycles. The second-order valence-electron chi connectivity index (χ2n) is 8.22. The first-order valence-electron chi connectivity index (χ1n) is 10.7. The Hall–Kier alpha value is -3.14. The zero-order valence-electron chi connectivity index (χ0n) is 19.0. The number of Topliss-reactive ketones (excluding diaryl/α,β-unsaturated/α-hetero) is 1. The molecule has 2 aliphatic rings. The number of fused-ring (bicyclic) bond motifs is 1. The number of hydrogen-bond acceptors (Lipinski definition) is 6. The van der Waals surface area contributed by atoms with Gasteiger partial charge in [0.2, 0.25) is 0 Å². The molecule has 1 amide bonds. The minimum Gasteiger partial charge on any atom is -0.454 e. The zero-order valence-corrected chi connectivity index (χ0v) is 19.0. The summed E-state index contributed by atoms with van der Waals surface area (Å²) < 4.78 is 57.7. The molecule has 0 saturated carbocycles. The summed E-state index contributed by atoms with van der Waals surface area (Å²) in [6.45, 7) is 2.99. The van der Waals surface area contributed by atoms with Gasteiger partial charge in [-0.2, -0.15) is 13.2 Å². The zero-order chi connectivity index (χ0) is 25.1. The van der Waals surface area contributed by atoms with Gasteiger partial charge >= 0.3 is 18.2 Å². The SMILES string of the molecule is CO[C@@](C(=O)O[C@@H]1C=C(C)[C@H]2[C@H](/C=C/CCC(C)=O)OC(=O)N2C1)(c1ccccc1)C(F)(F)F. The van der Waals surface area contributed by atoms with E-state index in [-0.39, 0.29) is 12.3 Å². The van der Waals surface area contributed by atoms with Crippen LogP contribution in [0.4, 0.5) is 18.0 Å². The summed E-state index contributed by atoms with van der Waals surface area (Å²) in [5.74, 6) is -1.59. The van der Waals surface area contributed by atoms with Crippen LogP contribution in [-0.2, 0) is 29.4 Å². The molecule has 0 radical (unpaired) electrons. The first-order valence-corrected chi connectivity index (χ1v) is 10.7. The number of halogens is 3. The van der Waals surface area contributed by atoms with Crippen molar-refractivity contribution in [2.75, 3.05) is 13.7 Å². The van der Waals surface area contributed by atoms with Gasteiger partial charge in [0.25, 0.3) is 5.60 Å². The number of benzene rings is 1. The Morgan fingerprint density at radius 3 is 2.50 bits per heavy atom. The van der Waals surface area contributed by atoms with Crippen LogP contribution in [-0.4, -0.2) is 60.8 Å². The number of cyclic esters (lactones) is 1. The van der Waals surface area contributed by atoms with Crippen molar-refractivity contribution in [2.24, 2.45) is 0 Å². The third-order valence-electron chi connectivity index (χ3n) is 5.83. The van der Waals surface area contributed by atoms with E-state index in [0.29, 0.717) is 18.4 Å². The summed E-state index contributed by atoms with van der Waals surface area (Å²) in [5, 5.41) is 0. The van der Waals surface area contributed by atoms with Gasteiger partial charge in [0.1, 0.15) is 18.0 Å². The van der Waals surface area contributed by atoms with Crippen LogP contribution in [0.3, 0.4) is 0 Å². The summed E-state index contributed by atoms with van der Waals surface area (Å²) in [7, 11) is 0.792. The van der Waals surface area contributed by atoms with Gasteiger partial charge in [-0.25, -0.2) is 9.59 Å². The lowest BCUT2D eigenvalue weighted by Gasteiger charge is -2.36. The van der Waals surface area contributed by atoms with Crippen molar-refractivity contribution in [2.45, 2.75) is 56.7 Å². The van der Waals surface area contributed by atoms with Crippen molar-refractivity contribution < 1.29 is 41.8 Å². The van der Waals surface area contributed by atoms with Crippen molar-refractivity contribution >= 4 is 17.8 Å². The molecule has 184 valence electrons. The normalized spacial score (nSPS) is 24.3. The molecule has 0 N–H and O–H groups in total. The van der Waals surface area contributed by atoms with Crippen LogP contribution in [0.5, 0.6) is 0 Å². The Morgan fingerprint density at radius 2 is 1.91 bits per heavy atom. The maximum atomic E-state index is 14.1. The molecule has 3 rings (SSSR count). The van der Waals surface area contributed by atoms with Gasteiger partial charge in [-0.3, -0.25) is 4.90 Å². The number of ether oxygens (including phenoxy) is 3. The standard InChI is InChI=1S/C24H26F3NO6/c1-15-13-18(14-28-20(15)19(34-22(28)31)12-8-7-9-16(2)29)33-21(30)23(32-3,24(25,26)27)17-10-5-4-6-11-17/h4-6,8,10-13,18-20H,7,9,14H2,1-3H3/b12-8+/t18-,19+,20+,23-/m1/s1. The van der Waals surface area contributed by atoms with E-state index in [0.717, 1.165) is 19.2 Å². The third kappa shape index (κ3) is 4.86. The Morgan fingerprint density at radius 1 is 1.24 bits per heavy atom. The molecular formula is C24H26F3NO6. The minimum atomic E-state index is -5.10. The Balaban J connectivity index is 1.82. The topological polar surface area (TPSA) is 82.1 Å². The van der Waals surface area contributed by atoms with Crippen LogP contribution in [0.25, 0.3) is 0 Å². The van der Waals surface area contributed by atoms with E-state index in [2.05, 4.69) is 0 Å². The van der Waals surface area contributed by atoms with E-state index < -0.39 is 47.7 Å². The number of allylic oxidation sites excluding steroid dienone is 1. The monoisotopic (exact) mass is 481 g/mol. The first-order chi connectivity index (χ1) is 16.0. The van der Waals surface area contributed by atoms with Gasteiger partial charge in [-0.15, -0.1) is 0 Å². The lowest BCUT2D eigenvalue weighted by Crippen LogP contribution is -2.54. The largest absolute Gasteiger partial charge is 0.454 e. The molecule has 0 aliphatic carbocycles. The summed E-state index contributed by atoms with van der Waals surface area (Å²) >= 11 is 0. The second-order valence-corrected chi connectivity index (χ2v) is 8.22. The highest BCUT2D eigenvalue weighted by Gasteiger charge is 2.64. The molecule has 0 bridgehead atoms. The fraction of sp³-hybridized carbons (Fsp3) is 0.458. The van der Waals surface area contributed by atoms with E-state index in [1.807, 2.05) is 0 Å². The van der Waals surface area contributed by atoms with Gasteiger partial charge < -0.3 is 19.0 Å². The lowest BCUT2D eigenvalue weighted by atomic mass is 9.92. The minimum absolute atomic E-state index is 0.0367. The molecule has 34 heavy (non-hydrogen) atoms. The highest BCUT2D eigenvalue weighted by Crippen LogP contribution is 2.43. The maximum absolute atomic E-state index is 14.1. The fourth-order valence-corrected chi connectivity index (χ4v) is 4.21. The smallest absolute Gasteiger partial charge is 0.432 e. The number of methoxy groups -OCH3 is 1. The third-order valence-corrected chi connectivity index (χ3v) is 5.83. The van der Waals surface area contributed by atoms with E-state index >= 15 is 0 Å². The molecule has 10 heteroatoms. The highest BCUT2D eigenvalue weighted by atomic mass is 19.4. The number of esters is 1.